The second kappa shape index (κ2) is 8.10. The predicted octanol–water partition coefficient (Wildman–Crippen LogP) is 2.50. The number of rotatable bonds is 7. The van der Waals surface area contributed by atoms with Crippen LogP contribution in [0.2, 0.25) is 0 Å². The van der Waals surface area contributed by atoms with Crippen molar-refractivity contribution in [3.63, 3.8) is 0 Å². The molecular formula is C15H26N2O2. The number of likely N-dealkylation sites (tertiary alicyclic amines) is 1. The van der Waals surface area contributed by atoms with Gasteiger partial charge in [-0.1, -0.05) is 31.7 Å². The number of nitrogens with zero attached hydrogens (tertiary/aromatic N) is 2. The molecule has 108 valence electrons. The molecule has 1 unspecified atom stereocenters. The van der Waals surface area contributed by atoms with Crippen molar-refractivity contribution in [2.75, 3.05) is 20.2 Å². The zero-order valence-corrected chi connectivity index (χ0v) is 12.3. The molecule has 0 radical (unpaired) electrons. The molecule has 1 aliphatic rings. The van der Waals surface area contributed by atoms with Crippen molar-refractivity contribution >= 4 is 12.0 Å². The van der Waals surface area contributed by atoms with Crippen LogP contribution in [0.5, 0.6) is 0 Å². The van der Waals surface area contributed by atoms with E-state index in [1.807, 2.05) is 7.05 Å². The minimum atomic E-state index is 0.0613. The Bertz CT molecular complexity index is 328. The molecule has 0 aromatic rings. The number of hydrogen-bond donors (Lipinski definition) is 0. The summed E-state index contributed by atoms with van der Waals surface area (Å²) >= 11 is 0. The third kappa shape index (κ3) is 4.78. The van der Waals surface area contributed by atoms with Crippen LogP contribution < -0.4 is 0 Å². The van der Waals surface area contributed by atoms with Crippen molar-refractivity contribution in [2.45, 2.75) is 39.2 Å². The van der Waals surface area contributed by atoms with E-state index in [0.717, 1.165) is 25.8 Å². The van der Waals surface area contributed by atoms with Crippen LogP contribution in [0.3, 0.4) is 0 Å². The van der Waals surface area contributed by atoms with Gasteiger partial charge in [-0.05, 0) is 38.3 Å². The molecule has 1 aliphatic heterocycles. The normalized spacial score (nSPS) is 24.4. The van der Waals surface area contributed by atoms with E-state index < -0.39 is 0 Å². The zero-order valence-electron chi connectivity index (χ0n) is 12.3. The zero-order chi connectivity index (χ0) is 14.3. The van der Waals surface area contributed by atoms with E-state index in [2.05, 4.69) is 30.5 Å². The SMILES string of the molecule is C=CCO/N=C\C[C@@H](C)C(C)[C@H]1C(=O)CCCN1C. The lowest BCUT2D eigenvalue weighted by atomic mass is 9.81. The fraction of sp³-hybridized carbons (Fsp3) is 0.733. The number of carbonyl (C=O) groups excluding carboxylic acids is 1. The van der Waals surface area contributed by atoms with Gasteiger partial charge >= 0.3 is 0 Å². The fourth-order valence-corrected chi connectivity index (χ4v) is 2.61. The number of carbonyl (C=O) groups is 1. The summed E-state index contributed by atoms with van der Waals surface area (Å²) < 4.78 is 0. The van der Waals surface area contributed by atoms with Crippen LogP contribution in [0.1, 0.15) is 33.1 Å². The number of piperidine rings is 1. The molecule has 1 fully saturated rings. The van der Waals surface area contributed by atoms with Gasteiger partial charge in [0, 0.05) is 12.6 Å². The summed E-state index contributed by atoms with van der Waals surface area (Å²) in [5, 5.41) is 3.87. The number of oxime groups is 1. The molecule has 19 heavy (non-hydrogen) atoms. The standard InChI is InChI=1S/C15H26N2O2/c1-5-11-19-16-9-8-12(2)13(3)15-14(18)7-6-10-17(15)4/h5,9,12-13,15H,1,6-8,10-11H2,2-4H3/b16-9-/t12-,13?,15+/m1/s1. The Labute approximate surface area is 116 Å². The topological polar surface area (TPSA) is 41.9 Å². The number of ketones is 1. The van der Waals surface area contributed by atoms with Gasteiger partial charge in [-0.2, -0.15) is 0 Å². The molecule has 0 aliphatic carbocycles. The Balaban J connectivity index is 2.46. The molecule has 0 N–H and O–H groups in total. The Kier molecular flexibility index (Phi) is 6.78. The van der Waals surface area contributed by atoms with E-state index in [-0.39, 0.29) is 6.04 Å². The van der Waals surface area contributed by atoms with Crippen LogP contribution in [-0.2, 0) is 9.63 Å². The van der Waals surface area contributed by atoms with Crippen LogP contribution in [0.4, 0.5) is 0 Å². The van der Waals surface area contributed by atoms with Crippen molar-refractivity contribution in [2.24, 2.45) is 17.0 Å². The average molecular weight is 266 g/mol. The fourth-order valence-electron chi connectivity index (χ4n) is 2.61. The monoisotopic (exact) mass is 266 g/mol. The van der Waals surface area contributed by atoms with Crippen molar-refractivity contribution in [1.82, 2.24) is 4.90 Å². The maximum Gasteiger partial charge on any atom is 0.150 e. The number of hydrogen-bond acceptors (Lipinski definition) is 4. The molecule has 4 heteroatoms. The first kappa shape index (κ1) is 15.9. The quantitative estimate of drug-likeness (QED) is 0.308. The largest absolute Gasteiger partial charge is 0.392 e. The Morgan fingerprint density at radius 1 is 1.58 bits per heavy atom. The Hall–Kier alpha value is -1.16. The third-order valence-electron chi connectivity index (χ3n) is 3.95. The first-order chi connectivity index (χ1) is 9.07. The minimum Gasteiger partial charge on any atom is -0.392 e. The Morgan fingerprint density at radius 3 is 2.95 bits per heavy atom. The van der Waals surface area contributed by atoms with Gasteiger partial charge < -0.3 is 4.84 Å². The van der Waals surface area contributed by atoms with Gasteiger partial charge in [-0.15, -0.1) is 0 Å². The van der Waals surface area contributed by atoms with Crippen molar-refractivity contribution in [3.8, 4) is 0 Å². The smallest absolute Gasteiger partial charge is 0.150 e. The molecule has 0 aromatic carbocycles. The van der Waals surface area contributed by atoms with Crippen LogP contribution in [-0.4, -0.2) is 43.1 Å². The highest BCUT2D eigenvalue weighted by atomic mass is 16.6. The van der Waals surface area contributed by atoms with Crippen molar-refractivity contribution in [3.05, 3.63) is 12.7 Å². The molecule has 1 saturated heterocycles. The maximum atomic E-state index is 12.1. The van der Waals surface area contributed by atoms with Gasteiger partial charge in [0.15, 0.2) is 0 Å². The maximum absolute atomic E-state index is 12.1. The van der Waals surface area contributed by atoms with Gasteiger partial charge in [-0.25, -0.2) is 0 Å². The summed E-state index contributed by atoms with van der Waals surface area (Å²) in [7, 11) is 2.05. The predicted molar refractivity (Wildman–Crippen MR) is 78.2 cm³/mol. The Morgan fingerprint density at radius 2 is 2.32 bits per heavy atom. The summed E-state index contributed by atoms with van der Waals surface area (Å²) in [6.07, 6.45) is 6.00. The molecule has 1 rings (SSSR count). The van der Waals surface area contributed by atoms with Crippen LogP contribution in [0.25, 0.3) is 0 Å². The lowest BCUT2D eigenvalue weighted by molar-refractivity contribution is -0.128. The van der Waals surface area contributed by atoms with E-state index in [1.54, 1.807) is 12.3 Å². The first-order valence-corrected chi connectivity index (χ1v) is 7.05. The van der Waals surface area contributed by atoms with Gasteiger partial charge in [0.05, 0.1) is 6.04 Å². The molecule has 0 saturated carbocycles. The summed E-state index contributed by atoms with van der Waals surface area (Å²) in [4.78, 5) is 19.2. The van der Waals surface area contributed by atoms with Crippen molar-refractivity contribution in [1.29, 1.82) is 0 Å². The molecule has 0 aromatic heterocycles. The van der Waals surface area contributed by atoms with Crippen LogP contribution >= 0.6 is 0 Å². The molecule has 0 amide bonds. The molecule has 0 spiro atoms. The number of Topliss-reactive ketones (excluding diaryl/α,β-unsaturated/α-hetero) is 1. The minimum absolute atomic E-state index is 0.0613. The third-order valence-corrected chi connectivity index (χ3v) is 3.95. The summed E-state index contributed by atoms with van der Waals surface area (Å²) in [6.45, 7) is 9.34. The van der Waals surface area contributed by atoms with Gasteiger partial charge in [-0.3, -0.25) is 9.69 Å². The summed E-state index contributed by atoms with van der Waals surface area (Å²) in [6, 6.07) is 0.0613. The molecule has 3 atom stereocenters. The highest BCUT2D eigenvalue weighted by Crippen LogP contribution is 2.26. The van der Waals surface area contributed by atoms with E-state index in [9.17, 15) is 4.79 Å². The van der Waals surface area contributed by atoms with E-state index in [1.165, 1.54) is 0 Å². The second-order valence-electron chi connectivity index (χ2n) is 5.44. The first-order valence-electron chi connectivity index (χ1n) is 7.05. The van der Waals surface area contributed by atoms with E-state index >= 15 is 0 Å². The lowest BCUT2D eigenvalue weighted by Gasteiger charge is -2.37. The molecule has 0 bridgehead atoms. The van der Waals surface area contributed by atoms with Crippen LogP contribution in [0, 0.1) is 11.8 Å². The van der Waals surface area contributed by atoms with Gasteiger partial charge in [0.25, 0.3) is 0 Å². The van der Waals surface area contributed by atoms with Gasteiger partial charge in [0.2, 0.25) is 0 Å². The summed E-state index contributed by atoms with van der Waals surface area (Å²) in [5.74, 6) is 1.13. The highest BCUT2D eigenvalue weighted by Gasteiger charge is 2.33. The summed E-state index contributed by atoms with van der Waals surface area (Å²) in [5.41, 5.74) is 0. The second-order valence-corrected chi connectivity index (χ2v) is 5.44. The highest BCUT2D eigenvalue weighted by molar-refractivity contribution is 5.85. The van der Waals surface area contributed by atoms with E-state index in [0.29, 0.717) is 24.2 Å². The number of likely N-dealkylation sites (N-methyl/N-ethyl adjacent to an activating group) is 1. The lowest BCUT2D eigenvalue weighted by Crippen LogP contribution is -2.48. The van der Waals surface area contributed by atoms with E-state index in [4.69, 9.17) is 4.84 Å². The molecule has 1 heterocycles. The van der Waals surface area contributed by atoms with Crippen molar-refractivity contribution < 1.29 is 9.63 Å². The average Bonchev–Trinajstić information content (AvgIpc) is 2.38. The van der Waals surface area contributed by atoms with Crippen LogP contribution in [0.15, 0.2) is 17.8 Å². The molecule has 4 nitrogen and oxygen atoms in total. The van der Waals surface area contributed by atoms with Gasteiger partial charge in [0.1, 0.15) is 12.4 Å². The molecular weight excluding hydrogens is 240 g/mol.